The molecule has 0 bridgehead atoms. The maximum Gasteiger partial charge on any atom is 0.140 e. The number of hydrogen-bond acceptors (Lipinski definition) is 2. The van der Waals surface area contributed by atoms with E-state index in [1.165, 1.54) is 0 Å². The van der Waals surface area contributed by atoms with E-state index in [-0.39, 0.29) is 29.2 Å². The van der Waals surface area contributed by atoms with Gasteiger partial charge in [0.25, 0.3) is 0 Å². The van der Waals surface area contributed by atoms with Crippen molar-refractivity contribution in [2.24, 2.45) is 5.73 Å². The summed E-state index contributed by atoms with van der Waals surface area (Å²) in [6.45, 7) is 1.76. The van der Waals surface area contributed by atoms with Crippen molar-refractivity contribution in [1.82, 2.24) is 0 Å². The van der Waals surface area contributed by atoms with E-state index in [2.05, 4.69) is 0 Å². The van der Waals surface area contributed by atoms with Crippen LogP contribution in [0, 0.1) is 0 Å². The van der Waals surface area contributed by atoms with Gasteiger partial charge in [0.15, 0.2) is 0 Å². The zero-order valence-corrected chi connectivity index (χ0v) is 9.25. The molecular formula is C8H10Cl3NO. The average Bonchev–Trinajstić information content (AvgIpc) is 2.00. The highest BCUT2D eigenvalue weighted by Crippen LogP contribution is 2.35. The number of rotatable bonds is 1. The standard InChI is InChI=1S/C8H9Cl2NO.ClH/c1-4(11)5-2-3-6(9)7(10)8(5)12;/h2-4,12H,11H2,1H3;1H/t4-;/m0./s1. The predicted molar refractivity (Wildman–Crippen MR) is 58.0 cm³/mol. The molecule has 1 aromatic carbocycles. The SMILES string of the molecule is C[C@H](N)c1ccc(Cl)c(Cl)c1O.Cl. The van der Waals surface area contributed by atoms with E-state index >= 15 is 0 Å². The Labute approximate surface area is 93.1 Å². The molecule has 2 nitrogen and oxygen atoms in total. The highest BCUT2D eigenvalue weighted by atomic mass is 35.5. The Morgan fingerprint density at radius 3 is 2.38 bits per heavy atom. The van der Waals surface area contributed by atoms with Crippen LogP contribution >= 0.6 is 35.6 Å². The summed E-state index contributed by atoms with van der Waals surface area (Å²) in [4.78, 5) is 0. The third kappa shape index (κ3) is 2.64. The summed E-state index contributed by atoms with van der Waals surface area (Å²) in [5, 5.41) is 9.94. The van der Waals surface area contributed by atoms with Gasteiger partial charge in [-0.2, -0.15) is 0 Å². The number of aromatic hydroxyl groups is 1. The highest BCUT2D eigenvalue weighted by molar-refractivity contribution is 6.43. The van der Waals surface area contributed by atoms with Crippen molar-refractivity contribution in [3.63, 3.8) is 0 Å². The zero-order valence-electron chi connectivity index (χ0n) is 6.92. The van der Waals surface area contributed by atoms with Gasteiger partial charge in [0.1, 0.15) is 10.8 Å². The minimum Gasteiger partial charge on any atom is -0.506 e. The number of benzene rings is 1. The molecule has 0 heterocycles. The lowest BCUT2D eigenvalue weighted by molar-refractivity contribution is 0.464. The van der Waals surface area contributed by atoms with E-state index in [4.69, 9.17) is 28.9 Å². The molecule has 0 fully saturated rings. The molecule has 0 aliphatic heterocycles. The van der Waals surface area contributed by atoms with Gasteiger partial charge >= 0.3 is 0 Å². The van der Waals surface area contributed by atoms with Crippen LogP contribution in [-0.4, -0.2) is 5.11 Å². The molecule has 13 heavy (non-hydrogen) atoms. The van der Waals surface area contributed by atoms with Crippen LogP contribution < -0.4 is 5.73 Å². The summed E-state index contributed by atoms with van der Waals surface area (Å²) in [5.74, 6) is -0.0285. The maximum absolute atomic E-state index is 9.45. The number of nitrogens with two attached hydrogens (primary N) is 1. The van der Waals surface area contributed by atoms with Crippen LogP contribution in [0.5, 0.6) is 5.75 Å². The van der Waals surface area contributed by atoms with Crippen molar-refractivity contribution in [2.75, 3.05) is 0 Å². The third-order valence-electron chi connectivity index (χ3n) is 1.59. The molecule has 0 amide bonds. The fourth-order valence-electron chi connectivity index (χ4n) is 0.922. The van der Waals surface area contributed by atoms with Gasteiger partial charge in [-0.25, -0.2) is 0 Å². The summed E-state index contributed by atoms with van der Waals surface area (Å²) in [6, 6.07) is 3.02. The second-order valence-corrected chi connectivity index (χ2v) is 3.37. The minimum atomic E-state index is -0.250. The van der Waals surface area contributed by atoms with Crippen LogP contribution in [0.3, 0.4) is 0 Å². The van der Waals surface area contributed by atoms with Gasteiger partial charge in [0.2, 0.25) is 0 Å². The molecule has 0 aliphatic carbocycles. The fraction of sp³-hybridized carbons (Fsp3) is 0.250. The van der Waals surface area contributed by atoms with Crippen LogP contribution in [-0.2, 0) is 0 Å². The Kier molecular flexibility index (Phi) is 4.86. The smallest absolute Gasteiger partial charge is 0.140 e. The fourth-order valence-corrected chi connectivity index (χ4v) is 1.25. The molecule has 1 aromatic rings. The summed E-state index contributed by atoms with van der Waals surface area (Å²) in [6.07, 6.45) is 0. The summed E-state index contributed by atoms with van der Waals surface area (Å²) >= 11 is 11.3. The molecule has 0 saturated heterocycles. The second-order valence-electron chi connectivity index (χ2n) is 2.59. The Morgan fingerprint density at radius 2 is 1.92 bits per heavy atom. The second kappa shape index (κ2) is 4.91. The molecular weight excluding hydrogens is 232 g/mol. The zero-order chi connectivity index (χ0) is 9.30. The van der Waals surface area contributed by atoms with Gasteiger partial charge in [-0.05, 0) is 13.0 Å². The van der Waals surface area contributed by atoms with Crippen molar-refractivity contribution < 1.29 is 5.11 Å². The molecule has 1 atom stereocenters. The number of phenols is 1. The van der Waals surface area contributed by atoms with E-state index in [0.29, 0.717) is 10.6 Å². The first-order chi connectivity index (χ1) is 5.54. The minimum absolute atomic E-state index is 0. The first-order valence-electron chi connectivity index (χ1n) is 3.46. The Hall–Kier alpha value is -0.150. The molecule has 0 saturated carbocycles. The van der Waals surface area contributed by atoms with Crippen LogP contribution in [0.4, 0.5) is 0 Å². The van der Waals surface area contributed by atoms with Gasteiger partial charge in [-0.3, -0.25) is 0 Å². The first-order valence-corrected chi connectivity index (χ1v) is 4.22. The summed E-state index contributed by atoms with van der Waals surface area (Å²) in [7, 11) is 0. The molecule has 0 spiro atoms. The molecule has 0 aliphatic rings. The lowest BCUT2D eigenvalue weighted by Crippen LogP contribution is -2.05. The first kappa shape index (κ1) is 12.8. The third-order valence-corrected chi connectivity index (χ3v) is 2.39. The van der Waals surface area contributed by atoms with Gasteiger partial charge < -0.3 is 10.8 Å². The molecule has 3 N–H and O–H groups in total. The van der Waals surface area contributed by atoms with Crippen molar-refractivity contribution in [1.29, 1.82) is 0 Å². The largest absolute Gasteiger partial charge is 0.506 e. The quantitative estimate of drug-likeness (QED) is 0.795. The van der Waals surface area contributed by atoms with Crippen molar-refractivity contribution in [3.8, 4) is 5.75 Å². The molecule has 74 valence electrons. The van der Waals surface area contributed by atoms with Crippen LogP contribution in [0.2, 0.25) is 10.0 Å². The normalized spacial score (nSPS) is 12.0. The van der Waals surface area contributed by atoms with Gasteiger partial charge in [-0.15, -0.1) is 12.4 Å². The van der Waals surface area contributed by atoms with Crippen molar-refractivity contribution in [3.05, 3.63) is 27.7 Å². The predicted octanol–water partition coefficient (Wildman–Crippen LogP) is 3.14. The average molecular weight is 243 g/mol. The van der Waals surface area contributed by atoms with Gasteiger partial charge in [0, 0.05) is 11.6 Å². The van der Waals surface area contributed by atoms with E-state index in [1.807, 2.05) is 0 Å². The van der Waals surface area contributed by atoms with E-state index in [1.54, 1.807) is 19.1 Å². The van der Waals surface area contributed by atoms with Crippen LogP contribution in [0.1, 0.15) is 18.5 Å². The molecule has 0 radical (unpaired) electrons. The Morgan fingerprint density at radius 1 is 1.38 bits per heavy atom. The molecule has 1 rings (SSSR count). The van der Waals surface area contributed by atoms with Gasteiger partial charge in [0.05, 0.1) is 5.02 Å². The molecule has 5 heteroatoms. The maximum atomic E-state index is 9.45. The summed E-state index contributed by atoms with van der Waals surface area (Å²) in [5.41, 5.74) is 6.17. The van der Waals surface area contributed by atoms with Gasteiger partial charge in [-0.1, -0.05) is 29.3 Å². The topological polar surface area (TPSA) is 46.2 Å². The Balaban J connectivity index is 0.00000144. The number of halogens is 3. The number of phenolic OH excluding ortho intramolecular Hbond substituents is 1. The Bertz CT molecular complexity index is 302. The van der Waals surface area contributed by atoms with E-state index in [0.717, 1.165) is 0 Å². The lowest BCUT2D eigenvalue weighted by atomic mass is 10.1. The summed E-state index contributed by atoms with van der Waals surface area (Å²) < 4.78 is 0. The molecule has 0 aromatic heterocycles. The van der Waals surface area contributed by atoms with Crippen LogP contribution in [0.25, 0.3) is 0 Å². The monoisotopic (exact) mass is 241 g/mol. The van der Waals surface area contributed by atoms with Crippen molar-refractivity contribution in [2.45, 2.75) is 13.0 Å². The van der Waals surface area contributed by atoms with Crippen LogP contribution in [0.15, 0.2) is 12.1 Å². The van der Waals surface area contributed by atoms with Crippen molar-refractivity contribution >= 4 is 35.6 Å². The highest BCUT2D eigenvalue weighted by Gasteiger charge is 2.11. The molecule has 0 unspecified atom stereocenters. The van der Waals surface area contributed by atoms with E-state index < -0.39 is 0 Å². The number of hydrogen-bond donors (Lipinski definition) is 2. The van der Waals surface area contributed by atoms with E-state index in [9.17, 15) is 5.11 Å². The lowest BCUT2D eigenvalue weighted by Gasteiger charge is -2.09.